The maximum atomic E-state index is 13.1. The van der Waals surface area contributed by atoms with Crippen LogP contribution in [-0.2, 0) is 16.0 Å². The van der Waals surface area contributed by atoms with Crippen molar-refractivity contribution in [1.82, 2.24) is 10.6 Å². The predicted molar refractivity (Wildman–Crippen MR) is 75.9 cm³/mol. The highest BCUT2D eigenvalue weighted by Gasteiger charge is 2.06. The van der Waals surface area contributed by atoms with E-state index in [1.165, 1.54) is 6.07 Å². The molecule has 1 atom stereocenters. The van der Waals surface area contributed by atoms with E-state index in [2.05, 4.69) is 17.6 Å². The zero-order chi connectivity index (χ0) is 15.0. The van der Waals surface area contributed by atoms with Gasteiger partial charge in [0.05, 0.1) is 13.1 Å². The van der Waals surface area contributed by atoms with Gasteiger partial charge in [-0.25, -0.2) is 4.39 Å². The SMILES string of the molecule is Cc1cc(CC(C)CNCC(=O)NCC=O)ccc1F. The van der Waals surface area contributed by atoms with Gasteiger partial charge in [-0.2, -0.15) is 0 Å². The number of benzene rings is 1. The van der Waals surface area contributed by atoms with E-state index in [0.717, 1.165) is 12.0 Å². The van der Waals surface area contributed by atoms with E-state index < -0.39 is 0 Å². The Bertz CT molecular complexity index is 463. The molecule has 1 unspecified atom stereocenters. The molecule has 0 aliphatic rings. The van der Waals surface area contributed by atoms with Crippen molar-refractivity contribution in [2.75, 3.05) is 19.6 Å². The second-order valence-corrected chi connectivity index (χ2v) is 4.99. The van der Waals surface area contributed by atoms with Crippen LogP contribution in [-0.4, -0.2) is 31.8 Å². The third kappa shape index (κ3) is 5.93. The highest BCUT2D eigenvalue weighted by atomic mass is 19.1. The summed E-state index contributed by atoms with van der Waals surface area (Å²) in [5, 5.41) is 5.50. The number of hydrogen-bond acceptors (Lipinski definition) is 3. The summed E-state index contributed by atoms with van der Waals surface area (Å²) in [7, 11) is 0. The molecule has 0 heterocycles. The second kappa shape index (κ2) is 8.43. The van der Waals surface area contributed by atoms with Crippen LogP contribution in [0, 0.1) is 18.7 Å². The molecule has 0 radical (unpaired) electrons. The van der Waals surface area contributed by atoms with Crippen LogP contribution in [0.25, 0.3) is 0 Å². The molecule has 20 heavy (non-hydrogen) atoms. The minimum atomic E-state index is -0.193. The van der Waals surface area contributed by atoms with Crippen LogP contribution in [0.5, 0.6) is 0 Å². The van der Waals surface area contributed by atoms with Crippen molar-refractivity contribution in [2.24, 2.45) is 5.92 Å². The molecule has 0 aromatic heterocycles. The smallest absolute Gasteiger partial charge is 0.234 e. The first-order valence-corrected chi connectivity index (χ1v) is 6.69. The van der Waals surface area contributed by atoms with E-state index in [1.54, 1.807) is 13.0 Å². The molecule has 0 aliphatic carbocycles. The Kier molecular flexibility index (Phi) is 6.87. The van der Waals surface area contributed by atoms with Crippen molar-refractivity contribution in [1.29, 1.82) is 0 Å². The van der Waals surface area contributed by atoms with Crippen LogP contribution in [0.3, 0.4) is 0 Å². The van der Waals surface area contributed by atoms with Gasteiger partial charge in [-0.1, -0.05) is 19.1 Å². The lowest BCUT2D eigenvalue weighted by Gasteiger charge is -2.13. The molecule has 0 saturated carbocycles. The molecule has 1 aromatic carbocycles. The van der Waals surface area contributed by atoms with Crippen LogP contribution < -0.4 is 10.6 Å². The molecule has 5 heteroatoms. The average Bonchev–Trinajstić information content (AvgIpc) is 2.40. The van der Waals surface area contributed by atoms with Crippen LogP contribution in [0.1, 0.15) is 18.1 Å². The molecule has 110 valence electrons. The van der Waals surface area contributed by atoms with Crippen molar-refractivity contribution in [3.8, 4) is 0 Å². The van der Waals surface area contributed by atoms with Gasteiger partial charge in [0, 0.05) is 0 Å². The van der Waals surface area contributed by atoms with Crippen LogP contribution >= 0.6 is 0 Å². The fourth-order valence-corrected chi connectivity index (χ4v) is 1.96. The molecule has 0 aliphatic heterocycles. The Labute approximate surface area is 118 Å². The maximum absolute atomic E-state index is 13.1. The topological polar surface area (TPSA) is 58.2 Å². The predicted octanol–water partition coefficient (Wildman–Crippen LogP) is 1.22. The minimum absolute atomic E-state index is 0.0466. The average molecular weight is 280 g/mol. The van der Waals surface area contributed by atoms with Crippen LogP contribution in [0.4, 0.5) is 4.39 Å². The van der Waals surface area contributed by atoms with E-state index in [-0.39, 0.29) is 24.8 Å². The van der Waals surface area contributed by atoms with E-state index >= 15 is 0 Å². The lowest BCUT2D eigenvalue weighted by Crippen LogP contribution is -2.36. The minimum Gasteiger partial charge on any atom is -0.348 e. The fraction of sp³-hybridized carbons (Fsp3) is 0.467. The first-order valence-electron chi connectivity index (χ1n) is 6.69. The number of nitrogens with one attached hydrogen (secondary N) is 2. The summed E-state index contributed by atoms with van der Waals surface area (Å²) >= 11 is 0. The number of aldehydes is 1. The molecule has 0 spiro atoms. The number of rotatable bonds is 8. The summed E-state index contributed by atoms with van der Waals surface area (Å²) in [6.45, 7) is 4.74. The van der Waals surface area contributed by atoms with E-state index in [4.69, 9.17) is 0 Å². The number of halogens is 1. The molecule has 2 N–H and O–H groups in total. The van der Waals surface area contributed by atoms with Gasteiger partial charge in [-0.15, -0.1) is 0 Å². The van der Waals surface area contributed by atoms with Crippen molar-refractivity contribution < 1.29 is 14.0 Å². The summed E-state index contributed by atoms with van der Waals surface area (Å²) in [6.07, 6.45) is 1.47. The molecule has 0 saturated heterocycles. The Morgan fingerprint density at radius 2 is 2.20 bits per heavy atom. The van der Waals surface area contributed by atoms with Crippen molar-refractivity contribution in [3.63, 3.8) is 0 Å². The molecule has 1 amide bonds. The van der Waals surface area contributed by atoms with Crippen LogP contribution in [0.2, 0.25) is 0 Å². The Balaban J connectivity index is 2.29. The van der Waals surface area contributed by atoms with Gasteiger partial charge in [0.15, 0.2) is 0 Å². The normalized spacial score (nSPS) is 11.9. The zero-order valence-corrected chi connectivity index (χ0v) is 11.9. The Morgan fingerprint density at radius 3 is 2.85 bits per heavy atom. The van der Waals surface area contributed by atoms with Gasteiger partial charge in [0.2, 0.25) is 5.91 Å². The lowest BCUT2D eigenvalue weighted by atomic mass is 9.99. The molecule has 4 nitrogen and oxygen atoms in total. The number of aryl methyl sites for hydroxylation is 1. The van der Waals surface area contributed by atoms with Crippen molar-refractivity contribution in [2.45, 2.75) is 20.3 Å². The number of carbonyl (C=O) groups is 2. The highest BCUT2D eigenvalue weighted by molar-refractivity contribution is 5.80. The number of carbonyl (C=O) groups excluding carboxylic acids is 2. The molecule has 1 rings (SSSR count). The third-order valence-electron chi connectivity index (χ3n) is 2.97. The number of amides is 1. The summed E-state index contributed by atoms with van der Waals surface area (Å²) in [6, 6.07) is 5.12. The largest absolute Gasteiger partial charge is 0.348 e. The summed E-state index contributed by atoms with van der Waals surface area (Å²) in [5.41, 5.74) is 1.74. The summed E-state index contributed by atoms with van der Waals surface area (Å²) in [4.78, 5) is 21.3. The molecular weight excluding hydrogens is 259 g/mol. The van der Waals surface area contributed by atoms with Gasteiger partial charge in [-0.05, 0) is 43.0 Å². The van der Waals surface area contributed by atoms with Gasteiger partial charge in [-0.3, -0.25) is 4.79 Å². The van der Waals surface area contributed by atoms with E-state index in [0.29, 0.717) is 24.3 Å². The van der Waals surface area contributed by atoms with Gasteiger partial charge in [0.1, 0.15) is 12.1 Å². The van der Waals surface area contributed by atoms with E-state index in [1.807, 2.05) is 6.07 Å². The lowest BCUT2D eigenvalue weighted by molar-refractivity contribution is -0.121. The standard InChI is InChI=1S/C15H21FN2O2/c1-11(9-17-10-15(20)18-5-6-19)7-13-3-4-14(16)12(2)8-13/h3-4,6,8,11,17H,5,7,9-10H2,1-2H3,(H,18,20). The maximum Gasteiger partial charge on any atom is 0.234 e. The first-order chi connectivity index (χ1) is 9.52. The van der Waals surface area contributed by atoms with Gasteiger partial charge < -0.3 is 15.4 Å². The van der Waals surface area contributed by atoms with Gasteiger partial charge >= 0.3 is 0 Å². The number of hydrogen-bond donors (Lipinski definition) is 2. The second-order valence-electron chi connectivity index (χ2n) is 4.99. The highest BCUT2D eigenvalue weighted by Crippen LogP contribution is 2.13. The van der Waals surface area contributed by atoms with Crippen LogP contribution in [0.15, 0.2) is 18.2 Å². The third-order valence-corrected chi connectivity index (χ3v) is 2.97. The molecule has 1 aromatic rings. The van der Waals surface area contributed by atoms with Crippen molar-refractivity contribution >= 4 is 12.2 Å². The summed E-state index contributed by atoms with van der Waals surface area (Å²) in [5.74, 6) is -0.0490. The van der Waals surface area contributed by atoms with Gasteiger partial charge in [0.25, 0.3) is 0 Å². The monoisotopic (exact) mass is 280 g/mol. The Hall–Kier alpha value is -1.75. The van der Waals surface area contributed by atoms with E-state index in [9.17, 15) is 14.0 Å². The zero-order valence-electron chi connectivity index (χ0n) is 11.9. The molecular formula is C15H21FN2O2. The molecule has 0 bridgehead atoms. The fourth-order valence-electron chi connectivity index (χ4n) is 1.96. The van der Waals surface area contributed by atoms with Crippen molar-refractivity contribution in [3.05, 3.63) is 35.1 Å². The first kappa shape index (κ1) is 16.3. The summed E-state index contributed by atoms with van der Waals surface area (Å²) < 4.78 is 13.1. The Morgan fingerprint density at radius 1 is 1.45 bits per heavy atom. The molecule has 0 fully saturated rings. The quantitative estimate of drug-likeness (QED) is 0.704.